The van der Waals surface area contributed by atoms with Gasteiger partial charge in [0.05, 0.1) is 10.6 Å². The van der Waals surface area contributed by atoms with E-state index in [1.807, 2.05) is 44.2 Å². The van der Waals surface area contributed by atoms with Crippen LogP contribution in [0.4, 0.5) is 5.69 Å². The van der Waals surface area contributed by atoms with Crippen LogP contribution in [0.25, 0.3) is 0 Å². The Morgan fingerprint density at radius 2 is 1.36 bits per heavy atom. The van der Waals surface area contributed by atoms with E-state index in [9.17, 15) is 18.0 Å². The highest BCUT2D eigenvalue weighted by atomic mass is 35.5. The van der Waals surface area contributed by atoms with E-state index in [-0.39, 0.29) is 45.5 Å². The third kappa shape index (κ3) is 9.23. The van der Waals surface area contributed by atoms with Crippen molar-refractivity contribution >= 4 is 62.3 Å². The van der Waals surface area contributed by atoms with E-state index in [1.165, 1.54) is 35.2 Å². The van der Waals surface area contributed by atoms with Crippen molar-refractivity contribution in [2.24, 2.45) is 0 Å². The van der Waals surface area contributed by atoms with E-state index in [0.717, 1.165) is 9.87 Å². The minimum absolute atomic E-state index is 0.0199. The van der Waals surface area contributed by atoms with Crippen LogP contribution in [-0.4, -0.2) is 43.8 Å². The normalized spacial score (nSPS) is 12.6. The molecule has 4 aromatic rings. The van der Waals surface area contributed by atoms with Gasteiger partial charge in [0, 0.05) is 34.1 Å². The molecule has 0 saturated carbocycles. The highest BCUT2D eigenvalue weighted by Crippen LogP contribution is 2.30. The molecule has 0 fully saturated rings. The Balaban J connectivity index is 1.82. The SMILES string of the molecule is CC[C@@H](C)NC(=O)[C@H](Cc1ccccc1)N(Cc1ccc(Cl)cc1)C(=O)CN(c1cc(Cl)cc(Cl)c1)S(=O)(=O)c1ccccc1. The van der Waals surface area contributed by atoms with Crippen molar-refractivity contribution in [1.82, 2.24) is 10.2 Å². The van der Waals surface area contributed by atoms with Gasteiger partial charge >= 0.3 is 0 Å². The average Bonchev–Trinajstić information content (AvgIpc) is 3.02. The van der Waals surface area contributed by atoms with E-state index in [2.05, 4.69) is 5.32 Å². The summed E-state index contributed by atoms with van der Waals surface area (Å²) in [4.78, 5) is 29.8. The summed E-state index contributed by atoms with van der Waals surface area (Å²) in [5, 5.41) is 3.93. The van der Waals surface area contributed by atoms with Crippen molar-refractivity contribution in [1.29, 1.82) is 0 Å². The molecular weight excluding hydrogens is 653 g/mol. The Morgan fingerprint density at radius 3 is 1.93 bits per heavy atom. The summed E-state index contributed by atoms with van der Waals surface area (Å²) < 4.78 is 29.1. The Bertz CT molecular complexity index is 1690. The number of amides is 2. The molecule has 0 bridgehead atoms. The van der Waals surface area contributed by atoms with Crippen LogP contribution in [0.1, 0.15) is 31.4 Å². The summed E-state index contributed by atoms with van der Waals surface area (Å²) in [7, 11) is -4.27. The molecule has 236 valence electrons. The number of carbonyl (C=O) groups is 2. The topological polar surface area (TPSA) is 86.8 Å². The lowest BCUT2D eigenvalue weighted by Gasteiger charge is -2.34. The number of anilines is 1. The van der Waals surface area contributed by atoms with E-state index in [4.69, 9.17) is 34.8 Å². The van der Waals surface area contributed by atoms with Crippen molar-refractivity contribution in [2.45, 2.75) is 50.2 Å². The molecule has 0 aromatic heterocycles. The van der Waals surface area contributed by atoms with Crippen LogP contribution in [0.2, 0.25) is 15.1 Å². The van der Waals surface area contributed by atoms with Gasteiger partial charge in [-0.15, -0.1) is 0 Å². The molecule has 0 saturated heterocycles. The molecule has 0 radical (unpaired) electrons. The molecule has 0 heterocycles. The third-order valence-corrected chi connectivity index (χ3v) is 9.76. The quantitative estimate of drug-likeness (QED) is 0.159. The molecule has 0 aliphatic rings. The van der Waals surface area contributed by atoms with Gasteiger partial charge in [0.2, 0.25) is 11.8 Å². The lowest BCUT2D eigenvalue weighted by Crippen LogP contribution is -2.54. The van der Waals surface area contributed by atoms with Gasteiger partial charge in [-0.25, -0.2) is 8.42 Å². The lowest BCUT2D eigenvalue weighted by molar-refractivity contribution is -0.140. The zero-order valence-corrected chi connectivity index (χ0v) is 28.0. The van der Waals surface area contributed by atoms with Gasteiger partial charge in [0.15, 0.2) is 0 Å². The van der Waals surface area contributed by atoms with Crippen molar-refractivity contribution in [3.05, 3.63) is 129 Å². The van der Waals surface area contributed by atoms with Gasteiger partial charge in [-0.3, -0.25) is 13.9 Å². The summed E-state index contributed by atoms with van der Waals surface area (Å²) >= 11 is 18.7. The van der Waals surface area contributed by atoms with Crippen LogP contribution in [-0.2, 0) is 32.6 Å². The highest BCUT2D eigenvalue weighted by Gasteiger charge is 2.35. The van der Waals surface area contributed by atoms with E-state index < -0.39 is 28.5 Å². The second-order valence-electron chi connectivity index (χ2n) is 10.6. The first-order valence-corrected chi connectivity index (χ1v) is 17.0. The van der Waals surface area contributed by atoms with Crippen LogP contribution in [0, 0.1) is 0 Å². The summed E-state index contributed by atoms with van der Waals surface area (Å²) in [6.07, 6.45) is 0.893. The number of rotatable bonds is 13. The first kappa shape index (κ1) is 34.3. The Kier molecular flexibility index (Phi) is 11.9. The number of benzene rings is 4. The van der Waals surface area contributed by atoms with Gasteiger partial charge in [0.25, 0.3) is 10.0 Å². The van der Waals surface area contributed by atoms with Crippen LogP contribution in [0.15, 0.2) is 108 Å². The predicted molar refractivity (Wildman–Crippen MR) is 181 cm³/mol. The molecule has 0 aliphatic heterocycles. The van der Waals surface area contributed by atoms with E-state index in [0.29, 0.717) is 17.0 Å². The molecular formula is C34H34Cl3N3O4S. The molecule has 0 spiro atoms. The van der Waals surface area contributed by atoms with Crippen LogP contribution in [0.5, 0.6) is 0 Å². The fourth-order valence-corrected chi connectivity index (χ4v) is 6.77. The Morgan fingerprint density at radius 1 is 0.778 bits per heavy atom. The van der Waals surface area contributed by atoms with Crippen molar-refractivity contribution in [3.8, 4) is 0 Å². The number of hydrogen-bond donors (Lipinski definition) is 1. The number of hydrogen-bond acceptors (Lipinski definition) is 4. The number of halogens is 3. The van der Waals surface area contributed by atoms with Gasteiger partial charge < -0.3 is 10.2 Å². The smallest absolute Gasteiger partial charge is 0.264 e. The molecule has 45 heavy (non-hydrogen) atoms. The monoisotopic (exact) mass is 685 g/mol. The van der Waals surface area contributed by atoms with Gasteiger partial charge in [-0.2, -0.15) is 0 Å². The fourth-order valence-electron chi connectivity index (χ4n) is 4.71. The molecule has 4 rings (SSSR count). The fraction of sp³-hybridized carbons (Fsp3) is 0.235. The molecule has 0 unspecified atom stereocenters. The predicted octanol–water partition coefficient (Wildman–Crippen LogP) is 7.40. The molecule has 11 heteroatoms. The molecule has 4 aromatic carbocycles. The molecule has 1 N–H and O–H groups in total. The van der Waals surface area contributed by atoms with Gasteiger partial charge in [-0.1, -0.05) is 102 Å². The average molecular weight is 687 g/mol. The first-order chi connectivity index (χ1) is 21.5. The van der Waals surface area contributed by atoms with Gasteiger partial charge in [0.1, 0.15) is 12.6 Å². The standard InChI is InChI=1S/C34H34Cl3N3O4S/c1-3-24(2)38-34(42)32(18-25-10-6-4-7-11-25)39(22-26-14-16-27(35)17-15-26)33(41)23-40(30-20-28(36)19-29(37)21-30)45(43,44)31-12-8-5-9-13-31/h4-17,19-21,24,32H,3,18,22-23H2,1-2H3,(H,38,42)/t24-,32+/m1/s1. The van der Waals surface area contributed by atoms with Crippen LogP contribution < -0.4 is 9.62 Å². The van der Waals surface area contributed by atoms with Gasteiger partial charge in [-0.05, 0) is 66.9 Å². The maximum atomic E-state index is 14.5. The van der Waals surface area contributed by atoms with Crippen LogP contribution >= 0.6 is 34.8 Å². The number of carbonyl (C=O) groups excluding carboxylic acids is 2. The number of nitrogens with zero attached hydrogens (tertiary/aromatic N) is 2. The number of nitrogens with one attached hydrogen (secondary N) is 1. The zero-order valence-electron chi connectivity index (χ0n) is 24.9. The molecule has 0 aliphatic carbocycles. The second kappa shape index (κ2) is 15.6. The maximum absolute atomic E-state index is 14.5. The van der Waals surface area contributed by atoms with E-state index >= 15 is 0 Å². The largest absolute Gasteiger partial charge is 0.352 e. The molecule has 2 amide bonds. The Labute approximate surface area is 279 Å². The number of sulfonamides is 1. The van der Waals surface area contributed by atoms with Crippen LogP contribution in [0.3, 0.4) is 0 Å². The van der Waals surface area contributed by atoms with E-state index in [1.54, 1.807) is 42.5 Å². The summed E-state index contributed by atoms with van der Waals surface area (Å²) in [6, 6.07) is 27.3. The second-order valence-corrected chi connectivity index (χ2v) is 13.8. The molecule has 2 atom stereocenters. The summed E-state index contributed by atoms with van der Waals surface area (Å²) in [6.45, 7) is 3.25. The van der Waals surface area contributed by atoms with Crippen molar-refractivity contribution in [3.63, 3.8) is 0 Å². The maximum Gasteiger partial charge on any atom is 0.264 e. The van der Waals surface area contributed by atoms with Crippen molar-refractivity contribution < 1.29 is 18.0 Å². The summed E-state index contributed by atoms with van der Waals surface area (Å²) in [5.74, 6) is -0.945. The minimum atomic E-state index is -4.27. The lowest BCUT2D eigenvalue weighted by atomic mass is 10.0. The zero-order chi connectivity index (χ0) is 32.6. The summed E-state index contributed by atoms with van der Waals surface area (Å²) in [5.41, 5.74) is 1.66. The highest BCUT2D eigenvalue weighted by molar-refractivity contribution is 7.92. The van der Waals surface area contributed by atoms with Crippen molar-refractivity contribution in [2.75, 3.05) is 10.8 Å². The molecule has 7 nitrogen and oxygen atoms in total. The Hall–Kier alpha value is -3.56. The third-order valence-electron chi connectivity index (χ3n) is 7.28. The minimum Gasteiger partial charge on any atom is -0.352 e. The first-order valence-electron chi connectivity index (χ1n) is 14.4.